The lowest BCUT2D eigenvalue weighted by molar-refractivity contribution is -0.119. The minimum atomic E-state index is -3.81. The number of rotatable bonds is 6. The molecule has 1 heterocycles. The van der Waals surface area contributed by atoms with Crippen LogP contribution in [0.4, 0.5) is 5.69 Å². The van der Waals surface area contributed by atoms with Crippen LogP contribution < -0.4 is 10.9 Å². The number of carbonyl (C=O) groups excluding carboxylic acids is 2. The zero-order valence-electron chi connectivity index (χ0n) is 14.4. The Morgan fingerprint density at radius 3 is 2.59 bits per heavy atom. The molecule has 11 heteroatoms. The number of ether oxygens (including phenoxy) is 1. The standard InChI is InChI=1S/C16H16ClN3O6S/c1-20(2)27(24,25)13-8-10(5-6-12(13)17)19-14(21)9-26-16(23)11-4-3-7-18-15(11)22/h3-8H,9H2,1-2H3,(H,18,22)(H,19,21). The summed E-state index contributed by atoms with van der Waals surface area (Å²) < 4.78 is 30.2. The number of nitrogens with zero attached hydrogens (tertiary/aromatic N) is 1. The highest BCUT2D eigenvalue weighted by molar-refractivity contribution is 7.89. The normalized spacial score (nSPS) is 11.3. The minimum Gasteiger partial charge on any atom is -0.452 e. The monoisotopic (exact) mass is 413 g/mol. The summed E-state index contributed by atoms with van der Waals surface area (Å²) >= 11 is 5.93. The SMILES string of the molecule is CN(C)S(=O)(=O)c1cc(NC(=O)COC(=O)c2ccc[nH]c2=O)ccc1Cl. The van der Waals surface area contributed by atoms with Crippen molar-refractivity contribution in [1.82, 2.24) is 9.29 Å². The van der Waals surface area contributed by atoms with E-state index in [1.165, 1.54) is 50.6 Å². The molecule has 0 unspecified atom stereocenters. The Hall–Kier alpha value is -2.69. The Morgan fingerprint density at radius 2 is 1.96 bits per heavy atom. The van der Waals surface area contributed by atoms with Gasteiger partial charge in [-0.15, -0.1) is 0 Å². The smallest absolute Gasteiger partial charge is 0.344 e. The van der Waals surface area contributed by atoms with Gasteiger partial charge in [0.1, 0.15) is 10.5 Å². The molecule has 0 radical (unpaired) electrons. The molecular weight excluding hydrogens is 398 g/mol. The van der Waals surface area contributed by atoms with Gasteiger partial charge < -0.3 is 15.0 Å². The highest BCUT2D eigenvalue weighted by atomic mass is 35.5. The largest absolute Gasteiger partial charge is 0.452 e. The van der Waals surface area contributed by atoms with Gasteiger partial charge >= 0.3 is 5.97 Å². The number of sulfonamides is 1. The predicted molar refractivity (Wildman–Crippen MR) is 98.3 cm³/mol. The summed E-state index contributed by atoms with van der Waals surface area (Å²) in [5, 5.41) is 2.39. The van der Waals surface area contributed by atoms with Crippen LogP contribution in [0.25, 0.3) is 0 Å². The molecule has 2 aromatic rings. The molecule has 2 N–H and O–H groups in total. The third kappa shape index (κ3) is 4.94. The van der Waals surface area contributed by atoms with E-state index in [0.717, 1.165) is 4.31 Å². The van der Waals surface area contributed by atoms with Gasteiger partial charge in [0.25, 0.3) is 11.5 Å². The summed E-state index contributed by atoms with van der Waals surface area (Å²) in [5.74, 6) is -1.68. The number of halogens is 1. The van der Waals surface area contributed by atoms with Crippen LogP contribution in [-0.2, 0) is 19.6 Å². The number of anilines is 1. The number of esters is 1. The summed E-state index contributed by atoms with van der Waals surface area (Å²) in [6, 6.07) is 6.62. The second kappa shape index (κ2) is 8.33. The molecule has 0 aliphatic rings. The van der Waals surface area contributed by atoms with Gasteiger partial charge in [-0.25, -0.2) is 17.5 Å². The van der Waals surface area contributed by atoms with Crippen LogP contribution in [-0.4, -0.2) is 50.3 Å². The Balaban J connectivity index is 2.07. The van der Waals surface area contributed by atoms with Gasteiger partial charge in [-0.3, -0.25) is 9.59 Å². The molecule has 1 amide bonds. The fraction of sp³-hybridized carbons (Fsp3) is 0.188. The number of amides is 1. The second-order valence-corrected chi connectivity index (χ2v) is 8.00. The van der Waals surface area contributed by atoms with Gasteiger partial charge in [0.2, 0.25) is 10.0 Å². The summed E-state index contributed by atoms with van der Waals surface area (Å²) in [5.41, 5.74) is -0.728. The van der Waals surface area contributed by atoms with Crippen molar-refractivity contribution in [2.24, 2.45) is 0 Å². The maximum absolute atomic E-state index is 12.2. The average Bonchev–Trinajstić information content (AvgIpc) is 2.61. The van der Waals surface area contributed by atoms with E-state index in [4.69, 9.17) is 16.3 Å². The molecule has 0 saturated carbocycles. The van der Waals surface area contributed by atoms with Crippen LogP contribution in [0.15, 0.2) is 46.2 Å². The van der Waals surface area contributed by atoms with Crippen molar-refractivity contribution in [2.45, 2.75) is 4.90 Å². The molecule has 0 fully saturated rings. The van der Waals surface area contributed by atoms with E-state index in [1.54, 1.807) is 0 Å². The Labute approximate surface area is 160 Å². The van der Waals surface area contributed by atoms with Gasteiger partial charge in [0.15, 0.2) is 6.61 Å². The van der Waals surface area contributed by atoms with Crippen molar-refractivity contribution in [3.8, 4) is 0 Å². The first kappa shape index (κ1) is 20.6. The van der Waals surface area contributed by atoms with Crippen molar-refractivity contribution < 1.29 is 22.7 Å². The first-order chi connectivity index (χ1) is 12.6. The molecule has 2 rings (SSSR count). The van der Waals surface area contributed by atoms with E-state index >= 15 is 0 Å². The van der Waals surface area contributed by atoms with E-state index in [9.17, 15) is 22.8 Å². The number of hydrogen-bond acceptors (Lipinski definition) is 6. The van der Waals surface area contributed by atoms with E-state index < -0.39 is 34.1 Å². The second-order valence-electron chi connectivity index (χ2n) is 5.47. The molecule has 27 heavy (non-hydrogen) atoms. The fourth-order valence-corrected chi connectivity index (χ4v) is 3.36. The molecular formula is C16H16ClN3O6S. The topological polar surface area (TPSA) is 126 Å². The zero-order chi connectivity index (χ0) is 20.2. The maximum Gasteiger partial charge on any atom is 0.344 e. The number of hydrogen-bond donors (Lipinski definition) is 2. The molecule has 1 aromatic heterocycles. The number of H-pyrrole nitrogens is 1. The van der Waals surface area contributed by atoms with Crippen LogP contribution in [0.1, 0.15) is 10.4 Å². The van der Waals surface area contributed by atoms with Crippen molar-refractivity contribution in [1.29, 1.82) is 0 Å². The molecule has 0 atom stereocenters. The molecule has 0 bridgehead atoms. The molecule has 0 spiro atoms. The van der Waals surface area contributed by atoms with Crippen LogP contribution in [0.3, 0.4) is 0 Å². The van der Waals surface area contributed by atoms with Crippen molar-refractivity contribution in [2.75, 3.05) is 26.0 Å². The highest BCUT2D eigenvalue weighted by Crippen LogP contribution is 2.26. The summed E-state index contributed by atoms with van der Waals surface area (Å²) in [6.07, 6.45) is 1.35. The number of pyridine rings is 1. The summed E-state index contributed by atoms with van der Waals surface area (Å²) in [6.45, 7) is -0.661. The van der Waals surface area contributed by atoms with Gasteiger partial charge in [-0.05, 0) is 30.3 Å². The number of nitrogens with one attached hydrogen (secondary N) is 2. The van der Waals surface area contributed by atoms with Crippen LogP contribution >= 0.6 is 11.6 Å². The molecule has 1 aromatic carbocycles. The third-order valence-corrected chi connectivity index (χ3v) is 5.64. The lowest BCUT2D eigenvalue weighted by atomic mass is 10.3. The summed E-state index contributed by atoms with van der Waals surface area (Å²) in [7, 11) is -1.11. The molecule has 9 nitrogen and oxygen atoms in total. The highest BCUT2D eigenvalue weighted by Gasteiger charge is 2.21. The minimum absolute atomic E-state index is 0.00331. The average molecular weight is 414 g/mol. The first-order valence-corrected chi connectivity index (χ1v) is 9.31. The van der Waals surface area contributed by atoms with Gasteiger partial charge in [0, 0.05) is 26.0 Å². The van der Waals surface area contributed by atoms with Crippen LogP contribution in [0.2, 0.25) is 5.02 Å². The van der Waals surface area contributed by atoms with Gasteiger partial charge in [0.05, 0.1) is 5.02 Å². The first-order valence-electron chi connectivity index (χ1n) is 7.49. The van der Waals surface area contributed by atoms with E-state index in [-0.39, 0.29) is 21.2 Å². The predicted octanol–water partition coefficient (Wildman–Crippen LogP) is 1.07. The van der Waals surface area contributed by atoms with E-state index in [0.29, 0.717) is 0 Å². The summed E-state index contributed by atoms with van der Waals surface area (Å²) in [4.78, 5) is 37.4. The molecule has 0 aliphatic carbocycles. The van der Waals surface area contributed by atoms with E-state index in [1.807, 2.05) is 0 Å². The van der Waals surface area contributed by atoms with Crippen molar-refractivity contribution in [3.05, 3.63) is 57.5 Å². The number of aromatic nitrogens is 1. The van der Waals surface area contributed by atoms with Crippen LogP contribution in [0, 0.1) is 0 Å². The van der Waals surface area contributed by atoms with E-state index in [2.05, 4.69) is 10.3 Å². The zero-order valence-corrected chi connectivity index (χ0v) is 15.9. The quantitative estimate of drug-likeness (QED) is 0.682. The maximum atomic E-state index is 12.2. The van der Waals surface area contributed by atoms with Crippen molar-refractivity contribution in [3.63, 3.8) is 0 Å². The molecule has 0 saturated heterocycles. The van der Waals surface area contributed by atoms with Crippen molar-refractivity contribution >= 4 is 39.2 Å². The molecule has 0 aliphatic heterocycles. The lowest BCUT2D eigenvalue weighted by Gasteiger charge is -2.14. The van der Waals surface area contributed by atoms with Gasteiger partial charge in [-0.1, -0.05) is 11.6 Å². The number of aromatic amines is 1. The number of benzene rings is 1. The van der Waals surface area contributed by atoms with Crippen LogP contribution in [0.5, 0.6) is 0 Å². The fourth-order valence-electron chi connectivity index (χ4n) is 1.96. The number of carbonyl (C=O) groups is 2. The third-order valence-electron chi connectivity index (χ3n) is 3.35. The Bertz CT molecular complexity index is 1030. The Kier molecular flexibility index (Phi) is 6.37. The lowest BCUT2D eigenvalue weighted by Crippen LogP contribution is -2.25. The van der Waals surface area contributed by atoms with Gasteiger partial charge in [-0.2, -0.15) is 0 Å². The Morgan fingerprint density at radius 1 is 1.26 bits per heavy atom. The molecule has 144 valence electrons.